The molecule has 13 heavy (non-hydrogen) atoms. The van der Waals surface area contributed by atoms with E-state index < -0.39 is 0 Å². The Morgan fingerprint density at radius 2 is 1.23 bits per heavy atom. The summed E-state index contributed by atoms with van der Waals surface area (Å²) in [6.07, 6.45) is 4.36. The SMILES string of the molecule is C1=Cc2cccc3cccc1c23.[Hg]. The zero-order valence-electron chi connectivity index (χ0n) is 7.33. The fourth-order valence-corrected chi connectivity index (χ4v) is 1.86. The predicted octanol–water partition coefficient (Wildman–Crippen LogP) is 3.32. The molecule has 0 unspecified atom stereocenters. The summed E-state index contributed by atoms with van der Waals surface area (Å²) in [5.41, 5.74) is 2.70. The van der Waals surface area contributed by atoms with Crippen molar-refractivity contribution < 1.29 is 27.7 Å². The van der Waals surface area contributed by atoms with E-state index in [9.17, 15) is 0 Å². The van der Waals surface area contributed by atoms with Crippen LogP contribution >= 0.6 is 0 Å². The van der Waals surface area contributed by atoms with E-state index in [0.29, 0.717) is 0 Å². The van der Waals surface area contributed by atoms with Crippen molar-refractivity contribution in [2.45, 2.75) is 0 Å². The number of rotatable bonds is 0. The molecular formula is C12H8Hg. The smallest absolute Gasteiger partial charge is 0 e. The molecule has 0 nitrogen and oxygen atoms in total. The summed E-state index contributed by atoms with van der Waals surface area (Å²) in [4.78, 5) is 0. The third-order valence-corrected chi connectivity index (χ3v) is 2.41. The van der Waals surface area contributed by atoms with E-state index >= 15 is 0 Å². The van der Waals surface area contributed by atoms with Gasteiger partial charge in [-0.05, 0) is 21.9 Å². The maximum absolute atomic E-state index is 2.18. The minimum Gasteiger partial charge on any atom is -0.0610 e. The summed E-state index contributed by atoms with van der Waals surface area (Å²) in [6, 6.07) is 12.9. The van der Waals surface area contributed by atoms with Crippen LogP contribution in [0.2, 0.25) is 0 Å². The van der Waals surface area contributed by atoms with Gasteiger partial charge >= 0.3 is 0 Å². The van der Waals surface area contributed by atoms with Gasteiger partial charge in [0, 0.05) is 27.7 Å². The minimum absolute atomic E-state index is 0. The normalized spacial score (nSPS) is 11.7. The summed E-state index contributed by atoms with van der Waals surface area (Å²) in [5.74, 6) is 0. The van der Waals surface area contributed by atoms with Gasteiger partial charge < -0.3 is 0 Å². The standard InChI is InChI=1S/C12H8.Hg/c1-3-9-4-2-6-11-8-7-10(5-1)12(9)11;/h1-8H;. The second-order valence-corrected chi connectivity index (χ2v) is 3.13. The zero-order chi connectivity index (χ0) is 7.97. The van der Waals surface area contributed by atoms with Crippen molar-refractivity contribution in [2.75, 3.05) is 0 Å². The van der Waals surface area contributed by atoms with E-state index in [0.717, 1.165) is 0 Å². The number of hydrogen-bond donors (Lipinski definition) is 0. The first-order valence-corrected chi connectivity index (χ1v) is 4.15. The second-order valence-electron chi connectivity index (χ2n) is 3.13. The van der Waals surface area contributed by atoms with E-state index in [4.69, 9.17) is 0 Å². The van der Waals surface area contributed by atoms with Crippen molar-refractivity contribution in [1.29, 1.82) is 0 Å². The van der Waals surface area contributed by atoms with Crippen LogP contribution in [0, 0.1) is 0 Å². The maximum Gasteiger partial charge on any atom is 0 e. The van der Waals surface area contributed by atoms with Crippen LogP contribution in [-0.2, 0) is 27.7 Å². The first-order valence-electron chi connectivity index (χ1n) is 4.15. The molecule has 1 aliphatic rings. The Morgan fingerprint density at radius 3 is 1.77 bits per heavy atom. The molecule has 0 aromatic heterocycles. The third-order valence-electron chi connectivity index (χ3n) is 2.41. The van der Waals surface area contributed by atoms with Gasteiger partial charge in [0.1, 0.15) is 0 Å². The summed E-state index contributed by atoms with van der Waals surface area (Å²) in [7, 11) is 0. The van der Waals surface area contributed by atoms with Gasteiger partial charge in [-0.2, -0.15) is 0 Å². The number of benzene rings is 2. The van der Waals surface area contributed by atoms with Gasteiger partial charge in [0.15, 0.2) is 0 Å². The molecule has 0 heterocycles. The molecule has 2 aromatic carbocycles. The molecule has 0 bridgehead atoms. The van der Waals surface area contributed by atoms with Gasteiger partial charge in [-0.25, -0.2) is 0 Å². The fraction of sp³-hybridized carbons (Fsp3) is 0. The van der Waals surface area contributed by atoms with E-state index in [1.165, 1.54) is 21.9 Å². The zero-order valence-corrected chi connectivity index (χ0v) is 12.8. The van der Waals surface area contributed by atoms with Crippen LogP contribution in [0.25, 0.3) is 22.9 Å². The summed E-state index contributed by atoms with van der Waals surface area (Å²) < 4.78 is 0. The molecule has 1 aliphatic carbocycles. The molecule has 1 heteroatoms. The van der Waals surface area contributed by atoms with Crippen LogP contribution < -0.4 is 0 Å². The molecule has 0 radical (unpaired) electrons. The monoisotopic (exact) mass is 354 g/mol. The first-order chi connectivity index (χ1) is 5.95. The fourth-order valence-electron chi connectivity index (χ4n) is 1.86. The first kappa shape index (κ1) is 8.95. The molecular weight excluding hydrogens is 345 g/mol. The average molecular weight is 353 g/mol. The minimum atomic E-state index is 0. The molecule has 3 rings (SSSR count). The van der Waals surface area contributed by atoms with Crippen molar-refractivity contribution in [3.05, 3.63) is 47.5 Å². The van der Waals surface area contributed by atoms with Crippen LogP contribution in [0.5, 0.6) is 0 Å². The molecule has 58 valence electrons. The Bertz CT molecular complexity index is 443. The quantitative estimate of drug-likeness (QED) is 0.544. The van der Waals surface area contributed by atoms with Gasteiger partial charge in [-0.15, -0.1) is 0 Å². The Morgan fingerprint density at radius 1 is 0.692 bits per heavy atom. The van der Waals surface area contributed by atoms with Crippen molar-refractivity contribution in [2.24, 2.45) is 0 Å². The molecule has 0 N–H and O–H groups in total. The second kappa shape index (κ2) is 3.26. The van der Waals surface area contributed by atoms with Crippen LogP contribution in [0.15, 0.2) is 36.4 Å². The summed E-state index contributed by atoms with van der Waals surface area (Å²) >= 11 is 0. The molecule has 0 aliphatic heterocycles. The predicted molar refractivity (Wildman–Crippen MR) is 52.9 cm³/mol. The van der Waals surface area contributed by atoms with Gasteiger partial charge in [0.25, 0.3) is 0 Å². The third kappa shape index (κ3) is 1.24. The molecule has 0 amide bonds. The van der Waals surface area contributed by atoms with Gasteiger partial charge in [0.2, 0.25) is 0 Å². The molecule has 2 aromatic rings. The van der Waals surface area contributed by atoms with Crippen molar-refractivity contribution in [1.82, 2.24) is 0 Å². The summed E-state index contributed by atoms with van der Waals surface area (Å²) in [6.45, 7) is 0. The number of hydrogen-bond acceptors (Lipinski definition) is 0. The van der Waals surface area contributed by atoms with E-state index in [1.54, 1.807) is 0 Å². The van der Waals surface area contributed by atoms with Crippen molar-refractivity contribution in [3.8, 4) is 0 Å². The van der Waals surface area contributed by atoms with E-state index in [2.05, 4.69) is 48.6 Å². The van der Waals surface area contributed by atoms with Crippen LogP contribution in [-0.4, -0.2) is 0 Å². The van der Waals surface area contributed by atoms with E-state index in [-0.39, 0.29) is 27.7 Å². The van der Waals surface area contributed by atoms with Crippen LogP contribution in [0.1, 0.15) is 11.1 Å². The average Bonchev–Trinajstić information content (AvgIpc) is 2.52. The summed E-state index contributed by atoms with van der Waals surface area (Å²) in [5, 5.41) is 2.75. The van der Waals surface area contributed by atoms with E-state index in [1.807, 2.05) is 0 Å². The van der Waals surface area contributed by atoms with Crippen molar-refractivity contribution >= 4 is 22.9 Å². The molecule has 0 saturated carbocycles. The Labute approximate surface area is 97.8 Å². The largest absolute Gasteiger partial charge is 0.0610 e. The van der Waals surface area contributed by atoms with Crippen LogP contribution in [0.3, 0.4) is 0 Å². The molecule has 0 saturated heterocycles. The Kier molecular flexibility index (Phi) is 2.25. The van der Waals surface area contributed by atoms with Gasteiger partial charge in [0.05, 0.1) is 0 Å². The van der Waals surface area contributed by atoms with Crippen molar-refractivity contribution in [3.63, 3.8) is 0 Å². The van der Waals surface area contributed by atoms with Crippen LogP contribution in [0.4, 0.5) is 0 Å². The Hall–Kier alpha value is -0.625. The molecule has 0 spiro atoms. The molecule has 0 atom stereocenters. The van der Waals surface area contributed by atoms with Gasteiger partial charge in [-0.3, -0.25) is 0 Å². The maximum atomic E-state index is 2.18. The Balaban J connectivity index is 0.000000653. The topological polar surface area (TPSA) is 0 Å². The van der Waals surface area contributed by atoms with Gasteiger partial charge in [-0.1, -0.05) is 48.6 Å². The molecule has 0 fully saturated rings.